The van der Waals surface area contributed by atoms with Crippen molar-refractivity contribution in [3.05, 3.63) is 23.8 Å². The van der Waals surface area contributed by atoms with E-state index in [4.69, 9.17) is 9.47 Å². The SMILES string of the molecule is CCCCN1C(=O)CN(C2CCC(C)CC2)C(=O)[C@@H]1c1ccc(OC(C)C)c(OC)c1. The van der Waals surface area contributed by atoms with Crippen LogP contribution < -0.4 is 9.47 Å². The van der Waals surface area contributed by atoms with Crippen molar-refractivity contribution in [3.8, 4) is 11.5 Å². The molecule has 1 aromatic rings. The van der Waals surface area contributed by atoms with Crippen LogP contribution in [0.25, 0.3) is 0 Å². The topological polar surface area (TPSA) is 59.1 Å². The number of hydrogen-bond donors (Lipinski definition) is 0. The number of hydrogen-bond acceptors (Lipinski definition) is 4. The zero-order valence-electron chi connectivity index (χ0n) is 19.7. The van der Waals surface area contributed by atoms with Crippen LogP contribution in [-0.2, 0) is 9.59 Å². The van der Waals surface area contributed by atoms with Crippen molar-refractivity contribution in [3.63, 3.8) is 0 Å². The summed E-state index contributed by atoms with van der Waals surface area (Å²) < 4.78 is 11.4. The highest BCUT2D eigenvalue weighted by atomic mass is 16.5. The Morgan fingerprint density at radius 2 is 1.81 bits per heavy atom. The molecular formula is C25H38N2O4. The van der Waals surface area contributed by atoms with Crippen LogP contribution in [-0.4, -0.2) is 54.0 Å². The molecule has 2 fully saturated rings. The second-order valence-corrected chi connectivity index (χ2v) is 9.30. The van der Waals surface area contributed by atoms with Gasteiger partial charge in [0.2, 0.25) is 5.91 Å². The van der Waals surface area contributed by atoms with Crippen molar-refractivity contribution in [2.45, 2.75) is 84.4 Å². The van der Waals surface area contributed by atoms with Gasteiger partial charge in [-0.25, -0.2) is 0 Å². The van der Waals surface area contributed by atoms with Crippen LogP contribution in [0.2, 0.25) is 0 Å². The minimum Gasteiger partial charge on any atom is -0.493 e. The molecule has 3 rings (SSSR count). The highest BCUT2D eigenvalue weighted by Gasteiger charge is 2.43. The van der Waals surface area contributed by atoms with E-state index < -0.39 is 6.04 Å². The van der Waals surface area contributed by atoms with Crippen molar-refractivity contribution < 1.29 is 19.1 Å². The molecule has 1 aliphatic heterocycles. The molecule has 0 aromatic heterocycles. The molecule has 0 N–H and O–H groups in total. The minimum atomic E-state index is -0.603. The summed E-state index contributed by atoms with van der Waals surface area (Å²) in [6.45, 7) is 9.08. The highest BCUT2D eigenvalue weighted by Crippen LogP contribution is 2.37. The monoisotopic (exact) mass is 430 g/mol. The Bertz CT molecular complexity index is 771. The zero-order chi connectivity index (χ0) is 22.5. The lowest BCUT2D eigenvalue weighted by Crippen LogP contribution is -2.58. The van der Waals surface area contributed by atoms with E-state index in [0.29, 0.717) is 24.0 Å². The summed E-state index contributed by atoms with van der Waals surface area (Å²) in [6, 6.07) is 5.18. The van der Waals surface area contributed by atoms with Gasteiger partial charge in [-0.2, -0.15) is 0 Å². The predicted octanol–water partition coefficient (Wildman–Crippen LogP) is 4.57. The molecule has 6 nitrogen and oxygen atoms in total. The number of ether oxygens (including phenoxy) is 2. The van der Waals surface area contributed by atoms with E-state index in [-0.39, 0.29) is 30.5 Å². The fraction of sp³-hybridized carbons (Fsp3) is 0.680. The highest BCUT2D eigenvalue weighted by molar-refractivity contribution is 5.96. The number of nitrogens with zero attached hydrogens (tertiary/aromatic N) is 2. The Morgan fingerprint density at radius 1 is 1.10 bits per heavy atom. The molecule has 2 amide bonds. The quantitative estimate of drug-likeness (QED) is 0.606. The van der Waals surface area contributed by atoms with Crippen LogP contribution in [0.15, 0.2) is 18.2 Å². The maximum absolute atomic E-state index is 13.7. The van der Waals surface area contributed by atoms with E-state index in [1.165, 1.54) is 0 Å². The molecule has 1 heterocycles. The number of unbranched alkanes of at least 4 members (excludes halogenated alkanes) is 1. The lowest BCUT2D eigenvalue weighted by molar-refractivity contribution is -0.159. The standard InChI is InChI=1S/C25H38N2O4/c1-6-7-14-26-23(28)16-27(20-11-8-18(4)9-12-20)25(29)24(26)19-10-13-21(31-17(2)3)22(15-19)30-5/h10,13,15,17-18,20,24H,6-9,11-12,14,16H2,1-5H3/t18?,20?,24-/m0/s1. The molecule has 1 aromatic carbocycles. The summed E-state index contributed by atoms with van der Waals surface area (Å²) >= 11 is 0. The number of amides is 2. The summed E-state index contributed by atoms with van der Waals surface area (Å²) in [5.74, 6) is 2.01. The molecule has 0 spiro atoms. The summed E-state index contributed by atoms with van der Waals surface area (Å²) in [6.07, 6.45) is 6.05. The molecule has 31 heavy (non-hydrogen) atoms. The van der Waals surface area contributed by atoms with Crippen molar-refractivity contribution in [2.75, 3.05) is 20.2 Å². The maximum Gasteiger partial charge on any atom is 0.250 e. The number of rotatable bonds is 8. The first-order chi connectivity index (χ1) is 14.8. The molecule has 0 unspecified atom stereocenters. The smallest absolute Gasteiger partial charge is 0.250 e. The van der Waals surface area contributed by atoms with Gasteiger partial charge in [-0.1, -0.05) is 26.3 Å². The fourth-order valence-corrected chi connectivity index (χ4v) is 4.72. The first kappa shape index (κ1) is 23.4. The lowest BCUT2D eigenvalue weighted by atomic mass is 9.85. The molecule has 0 radical (unpaired) electrons. The van der Waals surface area contributed by atoms with Gasteiger partial charge < -0.3 is 19.3 Å². The first-order valence-electron chi connectivity index (χ1n) is 11.8. The number of carbonyl (C=O) groups excluding carboxylic acids is 2. The van der Waals surface area contributed by atoms with Crippen LogP contribution in [0, 0.1) is 5.92 Å². The van der Waals surface area contributed by atoms with E-state index in [1.807, 2.05) is 36.9 Å². The fourth-order valence-electron chi connectivity index (χ4n) is 4.72. The average Bonchev–Trinajstić information content (AvgIpc) is 2.74. The summed E-state index contributed by atoms with van der Waals surface area (Å²) in [5, 5.41) is 0. The Kier molecular flexibility index (Phi) is 7.84. The van der Waals surface area contributed by atoms with Crippen molar-refractivity contribution >= 4 is 11.8 Å². The van der Waals surface area contributed by atoms with E-state index in [1.54, 1.807) is 12.0 Å². The number of piperazine rings is 1. The van der Waals surface area contributed by atoms with Crippen LogP contribution in [0.4, 0.5) is 0 Å². The third kappa shape index (κ3) is 5.34. The first-order valence-corrected chi connectivity index (χ1v) is 11.8. The third-order valence-corrected chi connectivity index (χ3v) is 6.50. The molecular weight excluding hydrogens is 392 g/mol. The van der Waals surface area contributed by atoms with Gasteiger partial charge in [-0.3, -0.25) is 9.59 Å². The molecule has 1 saturated carbocycles. The van der Waals surface area contributed by atoms with Gasteiger partial charge >= 0.3 is 0 Å². The number of methoxy groups -OCH3 is 1. The summed E-state index contributed by atoms with van der Waals surface area (Å²) in [5.41, 5.74) is 0.788. The number of benzene rings is 1. The third-order valence-electron chi connectivity index (χ3n) is 6.50. The van der Waals surface area contributed by atoms with Gasteiger partial charge in [0.25, 0.3) is 5.91 Å². The molecule has 1 saturated heterocycles. The van der Waals surface area contributed by atoms with Gasteiger partial charge in [-0.05, 0) is 69.6 Å². The Hall–Kier alpha value is -2.24. The van der Waals surface area contributed by atoms with Gasteiger partial charge in [0.05, 0.1) is 13.2 Å². The average molecular weight is 431 g/mol. The summed E-state index contributed by atoms with van der Waals surface area (Å²) in [4.78, 5) is 30.6. The second kappa shape index (κ2) is 10.4. The van der Waals surface area contributed by atoms with Crippen LogP contribution >= 0.6 is 0 Å². The Balaban J connectivity index is 1.93. The molecule has 1 aliphatic carbocycles. The molecule has 0 bridgehead atoms. The largest absolute Gasteiger partial charge is 0.493 e. The van der Waals surface area contributed by atoms with Crippen molar-refractivity contribution in [1.29, 1.82) is 0 Å². The van der Waals surface area contributed by atoms with Crippen LogP contribution in [0.1, 0.15) is 77.8 Å². The second-order valence-electron chi connectivity index (χ2n) is 9.30. The van der Waals surface area contributed by atoms with Crippen LogP contribution in [0.5, 0.6) is 11.5 Å². The summed E-state index contributed by atoms with van der Waals surface area (Å²) in [7, 11) is 1.60. The molecule has 1 atom stereocenters. The van der Waals surface area contributed by atoms with E-state index in [2.05, 4.69) is 13.8 Å². The van der Waals surface area contributed by atoms with Gasteiger partial charge in [0, 0.05) is 12.6 Å². The van der Waals surface area contributed by atoms with Crippen molar-refractivity contribution in [2.24, 2.45) is 5.92 Å². The maximum atomic E-state index is 13.7. The Morgan fingerprint density at radius 3 is 2.42 bits per heavy atom. The van der Waals surface area contributed by atoms with Crippen molar-refractivity contribution in [1.82, 2.24) is 9.80 Å². The normalized spacial score (nSPS) is 24.6. The van der Waals surface area contributed by atoms with Crippen LogP contribution in [0.3, 0.4) is 0 Å². The predicted molar refractivity (Wildman–Crippen MR) is 121 cm³/mol. The molecule has 2 aliphatic rings. The van der Waals surface area contributed by atoms with E-state index >= 15 is 0 Å². The van der Waals surface area contributed by atoms with Gasteiger partial charge in [0.1, 0.15) is 12.6 Å². The Labute approximate surface area is 186 Å². The van der Waals surface area contributed by atoms with E-state index in [9.17, 15) is 9.59 Å². The van der Waals surface area contributed by atoms with Gasteiger partial charge in [-0.15, -0.1) is 0 Å². The molecule has 172 valence electrons. The van der Waals surface area contributed by atoms with E-state index in [0.717, 1.165) is 44.1 Å². The lowest BCUT2D eigenvalue weighted by Gasteiger charge is -2.45. The minimum absolute atomic E-state index is 0.0166. The van der Waals surface area contributed by atoms with Gasteiger partial charge in [0.15, 0.2) is 11.5 Å². The number of carbonyl (C=O) groups is 2. The molecule has 6 heteroatoms. The zero-order valence-corrected chi connectivity index (χ0v) is 19.7.